The molecule has 149 valence electrons. The van der Waals surface area contributed by atoms with Gasteiger partial charge in [-0.05, 0) is 35.9 Å². The second-order valence-electron chi connectivity index (χ2n) is 7.17. The Balaban J connectivity index is 1.53. The molecule has 1 unspecified atom stereocenters. The van der Waals surface area contributed by atoms with E-state index in [4.69, 9.17) is 14.7 Å². The third-order valence-corrected chi connectivity index (χ3v) is 5.59. The minimum atomic E-state index is 0.0789. The molecule has 0 amide bonds. The standard InChI is InChI=1S/C24H20BrN4O/c25-18-9-10-21-20(14-18)23(16-5-2-1-3-6-16)29-24(28-21)27-19-8-4-7-17(13-19)22-15-30-12-11-26-22/h1-10,13-14,22H,11-12,15H2,(H,27,28,29). The van der Waals surface area contributed by atoms with Gasteiger partial charge < -0.3 is 10.1 Å². The van der Waals surface area contributed by atoms with Crippen molar-refractivity contribution < 1.29 is 4.74 Å². The average Bonchev–Trinajstić information content (AvgIpc) is 2.80. The molecule has 1 N–H and O–H groups in total. The Morgan fingerprint density at radius 1 is 0.933 bits per heavy atom. The number of rotatable bonds is 4. The zero-order valence-corrected chi connectivity index (χ0v) is 17.8. The van der Waals surface area contributed by atoms with Gasteiger partial charge >= 0.3 is 0 Å². The molecule has 1 fully saturated rings. The molecular weight excluding hydrogens is 440 g/mol. The molecule has 0 bridgehead atoms. The first-order valence-electron chi connectivity index (χ1n) is 9.90. The van der Waals surface area contributed by atoms with Gasteiger partial charge in [0.05, 0.1) is 30.5 Å². The molecule has 30 heavy (non-hydrogen) atoms. The SMILES string of the molecule is Brc1ccc2nc(Nc3cccc(C4COCC[N]4)c3)nc(-c3ccccc3)c2c1. The average molecular weight is 460 g/mol. The molecule has 0 spiro atoms. The van der Waals surface area contributed by atoms with E-state index in [9.17, 15) is 0 Å². The summed E-state index contributed by atoms with van der Waals surface area (Å²) >= 11 is 3.57. The summed E-state index contributed by atoms with van der Waals surface area (Å²) in [4.78, 5) is 9.61. The summed E-state index contributed by atoms with van der Waals surface area (Å²) in [6, 6.07) is 24.6. The first kappa shape index (κ1) is 19.2. The van der Waals surface area contributed by atoms with Gasteiger partial charge in [0.1, 0.15) is 0 Å². The zero-order valence-electron chi connectivity index (χ0n) is 16.3. The second kappa shape index (κ2) is 8.52. The lowest BCUT2D eigenvalue weighted by atomic mass is 10.1. The highest BCUT2D eigenvalue weighted by molar-refractivity contribution is 9.10. The molecule has 4 aromatic rings. The van der Waals surface area contributed by atoms with Crippen molar-refractivity contribution in [2.45, 2.75) is 6.04 Å². The van der Waals surface area contributed by atoms with Crippen LogP contribution in [0.2, 0.25) is 0 Å². The fourth-order valence-corrected chi connectivity index (χ4v) is 4.01. The molecule has 2 heterocycles. The summed E-state index contributed by atoms with van der Waals surface area (Å²) in [7, 11) is 0. The van der Waals surface area contributed by atoms with Crippen molar-refractivity contribution in [1.82, 2.24) is 15.3 Å². The van der Waals surface area contributed by atoms with Crippen LogP contribution in [-0.4, -0.2) is 29.7 Å². The van der Waals surface area contributed by atoms with E-state index in [2.05, 4.69) is 56.9 Å². The number of nitrogens with zero attached hydrogens (tertiary/aromatic N) is 3. The minimum Gasteiger partial charge on any atom is -0.378 e. The Hall–Kier alpha value is -2.80. The van der Waals surface area contributed by atoms with Crippen LogP contribution in [0.3, 0.4) is 0 Å². The molecule has 0 aliphatic carbocycles. The number of halogens is 1. The van der Waals surface area contributed by atoms with E-state index in [1.54, 1.807) is 0 Å². The van der Waals surface area contributed by atoms with Gasteiger partial charge in [-0.2, -0.15) is 0 Å². The quantitative estimate of drug-likeness (QED) is 0.438. The van der Waals surface area contributed by atoms with E-state index in [0.29, 0.717) is 19.2 Å². The Kier molecular flexibility index (Phi) is 5.45. The number of anilines is 2. The van der Waals surface area contributed by atoms with Gasteiger partial charge in [-0.3, -0.25) is 0 Å². The van der Waals surface area contributed by atoms with Gasteiger partial charge in [0, 0.05) is 27.7 Å². The highest BCUT2D eigenvalue weighted by atomic mass is 79.9. The van der Waals surface area contributed by atoms with Crippen LogP contribution < -0.4 is 10.6 Å². The lowest BCUT2D eigenvalue weighted by Crippen LogP contribution is -2.29. The molecule has 1 aromatic heterocycles. The van der Waals surface area contributed by atoms with E-state index >= 15 is 0 Å². The summed E-state index contributed by atoms with van der Waals surface area (Å²) in [6.45, 7) is 2.08. The van der Waals surface area contributed by atoms with Gasteiger partial charge in [-0.1, -0.05) is 58.4 Å². The molecular formula is C24H20BrN4O. The Morgan fingerprint density at radius 3 is 2.67 bits per heavy atom. The Morgan fingerprint density at radius 2 is 1.83 bits per heavy atom. The first-order chi connectivity index (χ1) is 14.8. The first-order valence-corrected chi connectivity index (χ1v) is 10.7. The van der Waals surface area contributed by atoms with E-state index in [0.717, 1.165) is 44.4 Å². The van der Waals surface area contributed by atoms with Gasteiger partial charge in [0.25, 0.3) is 0 Å². The number of benzene rings is 3. The third kappa shape index (κ3) is 4.07. The lowest BCUT2D eigenvalue weighted by molar-refractivity contribution is 0.0745. The third-order valence-electron chi connectivity index (χ3n) is 5.09. The van der Waals surface area contributed by atoms with Crippen molar-refractivity contribution in [1.29, 1.82) is 0 Å². The monoisotopic (exact) mass is 459 g/mol. The molecule has 5 rings (SSSR count). The number of fused-ring (bicyclic) bond motifs is 1. The highest BCUT2D eigenvalue weighted by Crippen LogP contribution is 2.30. The van der Waals surface area contributed by atoms with Crippen LogP contribution in [-0.2, 0) is 4.74 Å². The summed E-state index contributed by atoms with van der Waals surface area (Å²) in [6.07, 6.45) is 0. The van der Waals surface area contributed by atoms with Crippen LogP contribution in [0.4, 0.5) is 11.6 Å². The van der Waals surface area contributed by atoms with Crippen LogP contribution in [0.5, 0.6) is 0 Å². The number of ether oxygens (including phenoxy) is 1. The fraction of sp³-hybridized carbons (Fsp3) is 0.167. The maximum absolute atomic E-state index is 5.57. The highest BCUT2D eigenvalue weighted by Gasteiger charge is 2.17. The van der Waals surface area contributed by atoms with Crippen molar-refractivity contribution >= 4 is 38.5 Å². The van der Waals surface area contributed by atoms with E-state index in [1.807, 2.05) is 42.5 Å². The van der Waals surface area contributed by atoms with E-state index < -0.39 is 0 Å². The van der Waals surface area contributed by atoms with Crippen LogP contribution in [0.15, 0.2) is 77.3 Å². The van der Waals surface area contributed by atoms with E-state index in [1.165, 1.54) is 0 Å². The zero-order chi connectivity index (χ0) is 20.3. The molecule has 1 radical (unpaired) electrons. The summed E-state index contributed by atoms with van der Waals surface area (Å²) in [5, 5.41) is 9.05. The smallest absolute Gasteiger partial charge is 0.228 e. The molecule has 1 atom stereocenters. The van der Waals surface area contributed by atoms with Crippen molar-refractivity contribution in [3.63, 3.8) is 0 Å². The minimum absolute atomic E-state index is 0.0789. The molecule has 1 aliphatic rings. The predicted octanol–water partition coefficient (Wildman–Crippen LogP) is 5.48. The largest absolute Gasteiger partial charge is 0.378 e. The lowest BCUT2D eigenvalue weighted by Gasteiger charge is -2.22. The summed E-state index contributed by atoms with van der Waals surface area (Å²) in [5.41, 5.74) is 4.91. The van der Waals surface area contributed by atoms with Crippen LogP contribution in [0.25, 0.3) is 22.2 Å². The molecule has 0 saturated carbocycles. The Bertz CT molecular complexity index is 1180. The van der Waals surface area contributed by atoms with Gasteiger partial charge in [0.2, 0.25) is 5.95 Å². The number of nitrogens with one attached hydrogen (secondary N) is 1. The van der Waals surface area contributed by atoms with Crippen LogP contribution >= 0.6 is 15.9 Å². The molecule has 5 nitrogen and oxygen atoms in total. The van der Waals surface area contributed by atoms with Crippen molar-refractivity contribution in [2.24, 2.45) is 0 Å². The van der Waals surface area contributed by atoms with Gasteiger partial charge in [-0.25, -0.2) is 15.3 Å². The Labute approximate surface area is 183 Å². The van der Waals surface area contributed by atoms with E-state index in [-0.39, 0.29) is 6.04 Å². The molecule has 6 heteroatoms. The number of hydrogen-bond acceptors (Lipinski definition) is 4. The van der Waals surface area contributed by atoms with Crippen LogP contribution in [0.1, 0.15) is 11.6 Å². The van der Waals surface area contributed by atoms with Crippen molar-refractivity contribution in [2.75, 3.05) is 25.1 Å². The fourth-order valence-electron chi connectivity index (χ4n) is 3.65. The topological polar surface area (TPSA) is 61.1 Å². The summed E-state index contributed by atoms with van der Waals surface area (Å²) in [5.74, 6) is 0.567. The molecule has 1 aliphatic heterocycles. The number of morpholine rings is 1. The second-order valence-corrected chi connectivity index (χ2v) is 8.09. The normalized spacial score (nSPS) is 16.5. The van der Waals surface area contributed by atoms with Crippen LogP contribution in [0, 0.1) is 0 Å². The molecule has 1 saturated heterocycles. The van der Waals surface area contributed by atoms with Crippen molar-refractivity contribution in [3.8, 4) is 11.3 Å². The van der Waals surface area contributed by atoms with Crippen molar-refractivity contribution in [3.05, 3.63) is 82.8 Å². The maximum Gasteiger partial charge on any atom is 0.228 e. The number of hydrogen-bond donors (Lipinski definition) is 1. The summed E-state index contributed by atoms with van der Waals surface area (Å²) < 4.78 is 6.58. The number of aromatic nitrogens is 2. The molecule has 3 aromatic carbocycles. The predicted molar refractivity (Wildman–Crippen MR) is 123 cm³/mol. The van der Waals surface area contributed by atoms with Gasteiger partial charge in [0.15, 0.2) is 0 Å². The van der Waals surface area contributed by atoms with Gasteiger partial charge in [-0.15, -0.1) is 0 Å². The maximum atomic E-state index is 5.57.